The van der Waals surface area contributed by atoms with Gasteiger partial charge < -0.3 is 24.3 Å². The van der Waals surface area contributed by atoms with Crippen molar-refractivity contribution in [2.24, 2.45) is 0 Å². The number of para-hydroxylation sites is 2. The lowest BCUT2D eigenvalue weighted by Crippen LogP contribution is -2.48. The molecule has 0 atom stereocenters. The number of rotatable bonds is 5. The Morgan fingerprint density at radius 2 is 1.50 bits per heavy atom. The van der Waals surface area contributed by atoms with Gasteiger partial charge in [-0.1, -0.05) is 43.3 Å². The number of anilines is 2. The molecule has 7 heteroatoms. The largest absolute Gasteiger partial charge is 0.495 e. The SMILES string of the molecule is CCN1CCN(C(=O)c2cnc(N3CCN(c4ccccc4OC)CC3)c3ccccc23)CC1. The number of likely N-dealkylation sites (N-methyl/N-ethyl adjacent to an activating group) is 1. The minimum atomic E-state index is 0.0898. The third-order valence-corrected chi connectivity index (χ3v) is 7.12. The predicted molar refractivity (Wildman–Crippen MR) is 137 cm³/mol. The van der Waals surface area contributed by atoms with E-state index < -0.39 is 0 Å². The molecule has 2 aliphatic rings. The van der Waals surface area contributed by atoms with Crippen LogP contribution in [0.15, 0.2) is 54.7 Å². The normalized spacial score (nSPS) is 17.3. The molecule has 2 aromatic carbocycles. The summed E-state index contributed by atoms with van der Waals surface area (Å²) in [6.45, 7) is 10.1. The molecular weight excluding hydrogens is 426 g/mol. The van der Waals surface area contributed by atoms with Crippen LogP contribution in [0.3, 0.4) is 0 Å². The highest BCUT2D eigenvalue weighted by Gasteiger charge is 2.26. The van der Waals surface area contributed by atoms with Crippen molar-refractivity contribution in [3.05, 3.63) is 60.3 Å². The molecule has 2 aliphatic heterocycles. The molecule has 0 unspecified atom stereocenters. The molecule has 2 saturated heterocycles. The topological polar surface area (TPSA) is 52.2 Å². The summed E-state index contributed by atoms with van der Waals surface area (Å²) in [6, 6.07) is 16.4. The van der Waals surface area contributed by atoms with Crippen LogP contribution in [0.4, 0.5) is 11.5 Å². The fourth-order valence-corrected chi connectivity index (χ4v) is 5.09. The summed E-state index contributed by atoms with van der Waals surface area (Å²) < 4.78 is 5.56. The van der Waals surface area contributed by atoms with Gasteiger partial charge in [0.25, 0.3) is 5.91 Å². The molecule has 0 radical (unpaired) electrons. The molecule has 0 bridgehead atoms. The van der Waals surface area contributed by atoms with Crippen LogP contribution in [-0.4, -0.2) is 86.7 Å². The first-order chi connectivity index (χ1) is 16.7. The van der Waals surface area contributed by atoms with Crippen LogP contribution >= 0.6 is 0 Å². The maximum absolute atomic E-state index is 13.4. The van der Waals surface area contributed by atoms with Gasteiger partial charge in [-0.2, -0.15) is 0 Å². The van der Waals surface area contributed by atoms with Crippen LogP contribution in [0.1, 0.15) is 17.3 Å². The average Bonchev–Trinajstić information content (AvgIpc) is 2.92. The van der Waals surface area contributed by atoms with E-state index >= 15 is 0 Å². The van der Waals surface area contributed by atoms with Crippen molar-refractivity contribution in [3.8, 4) is 5.75 Å². The zero-order valence-electron chi connectivity index (χ0n) is 20.1. The highest BCUT2D eigenvalue weighted by atomic mass is 16.5. The van der Waals surface area contributed by atoms with Crippen molar-refractivity contribution in [1.82, 2.24) is 14.8 Å². The van der Waals surface area contributed by atoms with Crippen LogP contribution in [0.5, 0.6) is 5.75 Å². The standard InChI is InChI=1S/C27H33N5O2/c1-3-29-12-14-32(15-13-29)27(33)23-20-28-26(22-9-5-4-8-21(22)23)31-18-16-30(17-19-31)24-10-6-7-11-25(24)34-2/h4-11,20H,3,12-19H2,1-2H3. The van der Waals surface area contributed by atoms with Gasteiger partial charge in [0.2, 0.25) is 0 Å². The molecule has 0 N–H and O–H groups in total. The monoisotopic (exact) mass is 459 g/mol. The molecule has 0 aliphatic carbocycles. The molecule has 3 heterocycles. The maximum Gasteiger partial charge on any atom is 0.256 e. The Morgan fingerprint density at radius 3 is 2.21 bits per heavy atom. The van der Waals surface area contributed by atoms with Crippen molar-refractivity contribution < 1.29 is 9.53 Å². The number of pyridine rings is 1. The van der Waals surface area contributed by atoms with E-state index in [0.717, 1.165) is 86.9 Å². The number of ether oxygens (including phenoxy) is 1. The molecule has 5 rings (SSSR count). The summed E-state index contributed by atoms with van der Waals surface area (Å²) in [4.78, 5) is 27.3. The Balaban J connectivity index is 1.36. The number of hydrogen-bond acceptors (Lipinski definition) is 6. The zero-order valence-corrected chi connectivity index (χ0v) is 20.1. The predicted octanol–water partition coefficient (Wildman–Crippen LogP) is 3.35. The summed E-state index contributed by atoms with van der Waals surface area (Å²) in [6.07, 6.45) is 1.79. The van der Waals surface area contributed by atoms with E-state index in [1.54, 1.807) is 13.3 Å². The molecule has 2 fully saturated rings. The summed E-state index contributed by atoms with van der Waals surface area (Å²) >= 11 is 0. The number of amides is 1. The quantitative estimate of drug-likeness (QED) is 0.583. The third kappa shape index (κ3) is 4.28. The van der Waals surface area contributed by atoms with Gasteiger partial charge in [-0.3, -0.25) is 4.79 Å². The third-order valence-electron chi connectivity index (χ3n) is 7.12. The highest BCUT2D eigenvalue weighted by Crippen LogP contribution is 2.32. The molecule has 1 aromatic heterocycles. The van der Waals surface area contributed by atoms with E-state index in [2.05, 4.69) is 45.9 Å². The van der Waals surface area contributed by atoms with E-state index in [9.17, 15) is 4.79 Å². The lowest BCUT2D eigenvalue weighted by molar-refractivity contribution is 0.0645. The molecule has 0 saturated carbocycles. The van der Waals surface area contributed by atoms with E-state index in [0.29, 0.717) is 5.56 Å². The Hall–Kier alpha value is -3.32. The second-order valence-corrected chi connectivity index (χ2v) is 8.91. The van der Waals surface area contributed by atoms with Crippen molar-refractivity contribution in [2.75, 3.05) is 75.8 Å². The molecule has 178 valence electrons. The average molecular weight is 460 g/mol. The maximum atomic E-state index is 13.4. The first-order valence-electron chi connectivity index (χ1n) is 12.2. The fraction of sp³-hybridized carbons (Fsp3) is 0.407. The van der Waals surface area contributed by atoms with Crippen LogP contribution in [0.2, 0.25) is 0 Å². The second-order valence-electron chi connectivity index (χ2n) is 8.91. The van der Waals surface area contributed by atoms with Gasteiger partial charge in [-0.05, 0) is 24.1 Å². The van der Waals surface area contributed by atoms with Crippen molar-refractivity contribution >= 4 is 28.2 Å². The van der Waals surface area contributed by atoms with E-state index in [-0.39, 0.29) is 5.91 Å². The lowest BCUT2D eigenvalue weighted by Gasteiger charge is -2.38. The number of piperazine rings is 2. The Labute approximate surface area is 201 Å². The first kappa shape index (κ1) is 22.5. The Morgan fingerprint density at radius 1 is 0.853 bits per heavy atom. The van der Waals surface area contributed by atoms with Crippen LogP contribution in [0.25, 0.3) is 10.8 Å². The molecule has 7 nitrogen and oxygen atoms in total. The molecule has 3 aromatic rings. The smallest absolute Gasteiger partial charge is 0.256 e. The van der Waals surface area contributed by atoms with Crippen molar-refractivity contribution in [1.29, 1.82) is 0 Å². The Kier molecular flexibility index (Phi) is 6.54. The van der Waals surface area contributed by atoms with Gasteiger partial charge >= 0.3 is 0 Å². The fourth-order valence-electron chi connectivity index (χ4n) is 5.09. The summed E-state index contributed by atoms with van der Waals surface area (Å²) in [5, 5.41) is 2.04. The van der Waals surface area contributed by atoms with Gasteiger partial charge in [-0.25, -0.2) is 4.98 Å². The van der Waals surface area contributed by atoms with Gasteiger partial charge in [0, 0.05) is 63.9 Å². The highest BCUT2D eigenvalue weighted by molar-refractivity contribution is 6.09. The van der Waals surface area contributed by atoms with Crippen LogP contribution in [-0.2, 0) is 0 Å². The summed E-state index contributed by atoms with van der Waals surface area (Å²) in [7, 11) is 1.72. The number of carbonyl (C=O) groups excluding carboxylic acids is 1. The van der Waals surface area contributed by atoms with E-state index in [1.807, 2.05) is 29.2 Å². The van der Waals surface area contributed by atoms with Crippen molar-refractivity contribution in [2.45, 2.75) is 6.92 Å². The van der Waals surface area contributed by atoms with Crippen LogP contribution < -0.4 is 14.5 Å². The lowest BCUT2D eigenvalue weighted by atomic mass is 10.0. The number of fused-ring (bicyclic) bond motifs is 1. The van der Waals surface area contributed by atoms with Gasteiger partial charge in [0.05, 0.1) is 18.4 Å². The minimum Gasteiger partial charge on any atom is -0.495 e. The first-order valence-corrected chi connectivity index (χ1v) is 12.2. The van der Waals surface area contributed by atoms with E-state index in [1.165, 1.54) is 0 Å². The number of nitrogens with zero attached hydrogens (tertiary/aromatic N) is 5. The number of methoxy groups -OCH3 is 1. The number of carbonyl (C=O) groups is 1. The second kappa shape index (κ2) is 9.89. The Bertz CT molecular complexity index is 1150. The van der Waals surface area contributed by atoms with Gasteiger partial charge in [-0.15, -0.1) is 0 Å². The van der Waals surface area contributed by atoms with E-state index in [4.69, 9.17) is 9.72 Å². The summed E-state index contributed by atoms with van der Waals surface area (Å²) in [5.74, 6) is 1.96. The summed E-state index contributed by atoms with van der Waals surface area (Å²) in [5.41, 5.74) is 1.84. The van der Waals surface area contributed by atoms with Crippen molar-refractivity contribution in [3.63, 3.8) is 0 Å². The van der Waals surface area contributed by atoms with Gasteiger partial charge in [0.1, 0.15) is 11.6 Å². The molecule has 34 heavy (non-hydrogen) atoms. The number of benzene rings is 2. The number of hydrogen-bond donors (Lipinski definition) is 0. The zero-order chi connectivity index (χ0) is 23.5. The number of aromatic nitrogens is 1. The molecule has 1 amide bonds. The minimum absolute atomic E-state index is 0.0898. The van der Waals surface area contributed by atoms with Gasteiger partial charge in [0.15, 0.2) is 0 Å². The molecular formula is C27H33N5O2. The molecule has 0 spiro atoms. The van der Waals surface area contributed by atoms with Crippen LogP contribution in [0, 0.1) is 0 Å².